The second-order valence-electron chi connectivity index (χ2n) is 7.39. The van der Waals surface area contributed by atoms with Gasteiger partial charge in [-0.3, -0.25) is 0 Å². The van der Waals surface area contributed by atoms with E-state index < -0.39 is 0 Å². The Morgan fingerprint density at radius 2 is 1.71 bits per heavy atom. The third kappa shape index (κ3) is 6.66. The monoisotopic (exact) mass is 299 g/mol. The van der Waals surface area contributed by atoms with Crippen LogP contribution >= 0.6 is 0 Å². The van der Waals surface area contributed by atoms with E-state index in [1.54, 1.807) is 0 Å². The van der Waals surface area contributed by atoms with E-state index in [0.717, 1.165) is 25.0 Å². The van der Waals surface area contributed by atoms with Crippen LogP contribution in [0.2, 0.25) is 0 Å². The summed E-state index contributed by atoms with van der Waals surface area (Å²) in [7, 11) is 0. The summed E-state index contributed by atoms with van der Waals surface area (Å²) in [6, 6.07) is 0.510. The van der Waals surface area contributed by atoms with Crippen LogP contribution in [0.3, 0.4) is 0 Å². The standard InChI is InChI=1S/C18H37NO2/c1-7-20-12-16(6)21-18(13-19-15(4)5)10-8-17(9-11-18)14(2)3/h14-17,19H,7-13H2,1-6H3. The van der Waals surface area contributed by atoms with Crippen molar-refractivity contribution in [2.45, 2.75) is 85.0 Å². The molecule has 0 aromatic heterocycles. The molecule has 1 fully saturated rings. The van der Waals surface area contributed by atoms with E-state index in [2.05, 4.69) is 39.9 Å². The van der Waals surface area contributed by atoms with Crippen LogP contribution in [0.5, 0.6) is 0 Å². The van der Waals surface area contributed by atoms with Crippen molar-refractivity contribution in [2.75, 3.05) is 19.8 Å². The molecule has 0 aliphatic heterocycles. The molecular formula is C18H37NO2. The van der Waals surface area contributed by atoms with Gasteiger partial charge in [0.25, 0.3) is 0 Å². The van der Waals surface area contributed by atoms with Crippen LogP contribution in [0.4, 0.5) is 0 Å². The summed E-state index contributed by atoms with van der Waals surface area (Å²) in [5.41, 5.74) is 0.00613. The lowest BCUT2D eigenvalue weighted by Crippen LogP contribution is -2.50. The highest BCUT2D eigenvalue weighted by atomic mass is 16.5. The molecule has 1 aliphatic carbocycles. The van der Waals surface area contributed by atoms with Gasteiger partial charge in [-0.2, -0.15) is 0 Å². The molecule has 0 saturated heterocycles. The Morgan fingerprint density at radius 1 is 1.10 bits per heavy atom. The van der Waals surface area contributed by atoms with Crippen LogP contribution in [0, 0.1) is 11.8 Å². The van der Waals surface area contributed by atoms with E-state index >= 15 is 0 Å². The van der Waals surface area contributed by atoms with Gasteiger partial charge in [-0.1, -0.05) is 27.7 Å². The topological polar surface area (TPSA) is 30.5 Å². The molecule has 1 unspecified atom stereocenters. The van der Waals surface area contributed by atoms with Gasteiger partial charge in [0.05, 0.1) is 18.3 Å². The van der Waals surface area contributed by atoms with E-state index in [9.17, 15) is 0 Å². The van der Waals surface area contributed by atoms with Gasteiger partial charge in [0.2, 0.25) is 0 Å². The van der Waals surface area contributed by atoms with E-state index in [1.165, 1.54) is 25.7 Å². The fraction of sp³-hybridized carbons (Fsp3) is 1.00. The van der Waals surface area contributed by atoms with Crippen LogP contribution in [0.25, 0.3) is 0 Å². The third-order valence-corrected chi connectivity index (χ3v) is 4.72. The third-order valence-electron chi connectivity index (χ3n) is 4.72. The average molecular weight is 299 g/mol. The van der Waals surface area contributed by atoms with Gasteiger partial charge in [0, 0.05) is 19.2 Å². The second-order valence-corrected chi connectivity index (χ2v) is 7.39. The van der Waals surface area contributed by atoms with Crippen molar-refractivity contribution in [2.24, 2.45) is 11.8 Å². The molecule has 21 heavy (non-hydrogen) atoms. The highest BCUT2D eigenvalue weighted by molar-refractivity contribution is 4.91. The fourth-order valence-electron chi connectivity index (χ4n) is 3.30. The molecule has 1 rings (SSSR count). The van der Waals surface area contributed by atoms with Crippen molar-refractivity contribution in [3.8, 4) is 0 Å². The van der Waals surface area contributed by atoms with Crippen LogP contribution in [0.1, 0.15) is 67.2 Å². The molecule has 1 saturated carbocycles. The maximum Gasteiger partial charge on any atom is 0.0811 e. The molecule has 0 radical (unpaired) electrons. The lowest BCUT2D eigenvalue weighted by atomic mass is 9.74. The second kappa shape index (κ2) is 9.12. The summed E-state index contributed by atoms with van der Waals surface area (Å²) < 4.78 is 12.0. The molecule has 3 heteroatoms. The molecule has 0 aromatic carbocycles. The highest BCUT2D eigenvalue weighted by Gasteiger charge is 2.38. The first-order valence-corrected chi connectivity index (χ1v) is 8.87. The Kier molecular flexibility index (Phi) is 8.22. The average Bonchev–Trinajstić information content (AvgIpc) is 2.43. The zero-order valence-corrected chi connectivity index (χ0v) is 15.1. The van der Waals surface area contributed by atoms with Gasteiger partial charge in [-0.25, -0.2) is 0 Å². The van der Waals surface area contributed by atoms with Crippen molar-refractivity contribution >= 4 is 0 Å². The molecule has 1 N–H and O–H groups in total. The van der Waals surface area contributed by atoms with Crippen molar-refractivity contribution in [3.63, 3.8) is 0 Å². The molecule has 0 heterocycles. The van der Waals surface area contributed by atoms with Gasteiger partial charge in [-0.05, 0) is 51.4 Å². The number of rotatable bonds is 9. The Hall–Kier alpha value is -0.120. The maximum atomic E-state index is 6.47. The summed E-state index contributed by atoms with van der Waals surface area (Å²) in [4.78, 5) is 0. The van der Waals surface area contributed by atoms with Crippen LogP contribution in [-0.2, 0) is 9.47 Å². The first kappa shape index (κ1) is 18.9. The van der Waals surface area contributed by atoms with Gasteiger partial charge in [-0.15, -0.1) is 0 Å². The molecular weight excluding hydrogens is 262 g/mol. The molecule has 1 atom stereocenters. The number of hydrogen-bond donors (Lipinski definition) is 1. The Bertz CT molecular complexity index is 270. The Balaban J connectivity index is 2.59. The molecule has 126 valence electrons. The van der Waals surface area contributed by atoms with Gasteiger partial charge in [0.1, 0.15) is 0 Å². The normalized spacial score (nSPS) is 28.3. The van der Waals surface area contributed by atoms with E-state index in [-0.39, 0.29) is 11.7 Å². The first-order chi connectivity index (χ1) is 9.88. The summed E-state index contributed by atoms with van der Waals surface area (Å²) in [6.45, 7) is 15.7. The minimum absolute atomic E-state index is 0.00613. The molecule has 0 spiro atoms. The highest BCUT2D eigenvalue weighted by Crippen LogP contribution is 2.38. The molecule has 0 amide bonds. The summed E-state index contributed by atoms with van der Waals surface area (Å²) >= 11 is 0. The van der Waals surface area contributed by atoms with E-state index in [4.69, 9.17) is 9.47 Å². The number of nitrogens with one attached hydrogen (secondary N) is 1. The lowest BCUT2D eigenvalue weighted by Gasteiger charge is -2.43. The Morgan fingerprint density at radius 3 is 2.19 bits per heavy atom. The van der Waals surface area contributed by atoms with E-state index in [0.29, 0.717) is 12.6 Å². The molecule has 0 aromatic rings. The molecule has 3 nitrogen and oxygen atoms in total. The first-order valence-electron chi connectivity index (χ1n) is 8.87. The number of ether oxygens (including phenoxy) is 2. The van der Waals surface area contributed by atoms with Crippen molar-refractivity contribution in [1.82, 2.24) is 5.32 Å². The van der Waals surface area contributed by atoms with Crippen LogP contribution < -0.4 is 5.32 Å². The predicted octanol–water partition coefficient (Wildman–Crippen LogP) is 4.01. The van der Waals surface area contributed by atoms with Gasteiger partial charge < -0.3 is 14.8 Å². The van der Waals surface area contributed by atoms with Crippen molar-refractivity contribution in [1.29, 1.82) is 0 Å². The smallest absolute Gasteiger partial charge is 0.0811 e. The van der Waals surface area contributed by atoms with Gasteiger partial charge in [0.15, 0.2) is 0 Å². The zero-order valence-electron chi connectivity index (χ0n) is 15.1. The largest absolute Gasteiger partial charge is 0.379 e. The fourth-order valence-corrected chi connectivity index (χ4v) is 3.30. The molecule has 1 aliphatic rings. The summed E-state index contributed by atoms with van der Waals surface area (Å²) in [5.74, 6) is 1.66. The van der Waals surface area contributed by atoms with E-state index in [1.807, 2.05) is 6.92 Å². The zero-order chi connectivity index (χ0) is 15.9. The SMILES string of the molecule is CCOCC(C)OC1(CNC(C)C)CCC(C(C)C)CC1. The maximum absolute atomic E-state index is 6.47. The van der Waals surface area contributed by atoms with Crippen LogP contribution in [0.15, 0.2) is 0 Å². The predicted molar refractivity (Wildman–Crippen MR) is 89.7 cm³/mol. The summed E-state index contributed by atoms with van der Waals surface area (Å²) in [6.07, 6.45) is 5.10. The Labute approximate surface area is 132 Å². The minimum Gasteiger partial charge on any atom is -0.379 e. The van der Waals surface area contributed by atoms with Crippen molar-refractivity contribution < 1.29 is 9.47 Å². The van der Waals surface area contributed by atoms with Gasteiger partial charge >= 0.3 is 0 Å². The minimum atomic E-state index is 0.00613. The molecule has 0 bridgehead atoms. The quantitative estimate of drug-likeness (QED) is 0.698. The van der Waals surface area contributed by atoms with Crippen molar-refractivity contribution in [3.05, 3.63) is 0 Å². The lowest BCUT2D eigenvalue weighted by molar-refractivity contribution is -0.133. The number of hydrogen-bond acceptors (Lipinski definition) is 3. The van der Waals surface area contributed by atoms with Crippen LogP contribution in [-0.4, -0.2) is 37.5 Å². The summed E-state index contributed by atoms with van der Waals surface area (Å²) in [5, 5.41) is 3.60.